The predicted octanol–water partition coefficient (Wildman–Crippen LogP) is 0.948. The fourth-order valence-corrected chi connectivity index (χ4v) is 2.05. The van der Waals surface area contributed by atoms with Crippen molar-refractivity contribution in [1.82, 2.24) is 20.3 Å². The summed E-state index contributed by atoms with van der Waals surface area (Å²) in [5.74, 6) is 1.73. The van der Waals surface area contributed by atoms with Crippen LogP contribution in [0, 0.1) is 0 Å². The molecule has 0 amide bonds. The maximum Gasteiger partial charge on any atom is 0.163 e. The minimum Gasteiger partial charge on any atom is -0.354 e. The van der Waals surface area contributed by atoms with Gasteiger partial charge in [0.15, 0.2) is 5.82 Å². The number of piperazine rings is 1. The molecule has 0 radical (unpaired) electrons. The van der Waals surface area contributed by atoms with Crippen LogP contribution in [0.2, 0.25) is 0 Å². The topological polar surface area (TPSA) is 53.9 Å². The molecule has 92 valence electrons. The van der Waals surface area contributed by atoms with Crippen molar-refractivity contribution in [3.8, 4) is 11.4 Å². The Morgan fingerprint density at radius 2 is 2.00 bits per heavy atom. The van der Waals surface area contributed by atoms with Gasteiger partial charge in [0, 0.05) is 50.3 Å². The van der Waals surface area contributed by atoms with Gasteiger partial charge in [-0.3, -0.25) is 4.98 Å². The summed E-state index contributed by atoms with van der Waals surface area (Å²) in [5.41, 5.74) is 0.953. The van der Waals surface area contributed by atoms with Crippen molar-refractivity contribution in [1.29, 1.82) is 0 Å². The second-order valence-electron chi connectivity index (χ2n) is 4.22. The lowest BCUT2D eigenvalue weighted by molar-refractivity contribution is 0.585. The molecule has 0 aliphatic carbocycles. The number of aromatic nitrogens is 3. The van der Waals surface area contributed by atoms with Gasteiger partial charge in [-0.15, -0.1) is 0 Å². The Morgan fingerprint density at radius 1 is 1.11 bits per heavy atom. The molecular formula is C13H15N5. The smallest absolute Gasteiger partial charge is 0.163 e. The first kappa shape index (κ1) is 11.1. The Bertz CT molecular complexity index is 508. The van der Waals surface area contributed by atoms with E-state index in [1.165, 1.54) is 0 Å². The molecule has 1 aliphatic rings. The number of nitrogens with one attached hydrogen (secondary N) is 1. The molecule has 3 heterocycles. The molecule has 2 aromatic heterocycles. The highest BCUT2D eigenvalue weighted by atomic mass is 15.2. The Balaban J connectivity index is 1.89. The fourth-order valence-electron chi connectivity index (χ4n) is 2.05. The van der Waals surface area contributed by atoms with Gasteiger partial charge in [-0.05, 0) is 18.2 Å². The van der Waals surface area contributed by atoms with Crippen molar-refractivity contribution < 1.29 is 0 Å². The maximum atomic E-state index is 4.61. The van der Waals surface area contributed by atoms with Crippen LogP contribution in [0.5, 0.6) is 0 Å². The molecule has 1 fully saturated rings. The number of rotatable bonds is 2. The zero-order chi connectivity index (χ0) is 12.2. The van der Waals surface area contributed by atoms with Crippen molar-refractivity contribution in [3.63, 3.8) is 0 Å². The van der Waals surface area contributed by atoms with Gasteiger partial charge in [0.25, 0.3) is 0 Å². The van der Waals surface area contributed by atoms with Crippen molar-refractivity contribution in [2.24, 2.45) is 0 Å². The first-order chi connectivity index (χ1) is 8.93. The van der Waals surface area contributed by atoms with Crippen LogP contribution in [0.15, 0.2) is 36.8 Å². The summed E-state index contributed by atoms with van der Waals surface area (Å²) in [6.07, 6.45) is 5.35. The molecule has 0 spiro atoms. The highest BCUT2D eigenvalue weighted by Gasteiger charge is 2.12. The van der Waals surface area contributed by atoms with E-state index in [1.54, 1.807) is 12.4 Å². The van der Waals surface area contributed by atoms with Crippen LogP contribution in [0.1, 0.15) is 0 Å². The zero-order valence-electron chi connectivity index (χ0n) is 10.1. The minimum absolute atomic E-state index is 0.735. The Kier molecular flexibility index (Phi) is 3.14. The Labute approximate surface area is 106 Å². The van der Waals surface area contributed by atoms with Gasteiger partial charge in [0.1, 0.15) is 5.82 Å². The van der Waals surface area contributed by atoms with Crippen molar-refractivity contribution >= 4 is 5.82 Å². The van der Waals surface area contributed by atoms with Crippen LogP contribution in [0.3, 0.4) is 0 Å². The van der Waals surface area contributed by atoms with E-state index in [2.05, 4.69) is 25.2 Å². The first-order valence-electron chi connectivity index (χ1n) is 6.12. The van der Waals surface area contributed by atoms with E-state index in [0.717, 1.165) is 43.4 Å². The summed E-state index contributed by atoms with van der Waals surface area (Å²) in [7, 11) is 0. The van der Waals surface area contributed by atoms with Gasteiger partial charge in [0.05, 0.1) is 0 Å². The highest BCUT2D eigenvalue weighted by molar-refractivity contribution is 5.55. The summed E-state index contributed by atoms with van der Waals surface area (Å²) in [6.45, 7) is 3.99. The number of hydrogen-bond donors (Lipinski definition) is 1. The number of nitrogens with zero attached hydrogens (tertiary/aromatic N) is 4. The third-order valence-corrected chi connectivity index (χ3v) is 3.00. The SMILES string of the molecule is c1cncc(-c2nccc(N3CCNCC3)n2)c1. The second-order valence-corrected chi connectivity index (χ2v) is 4.22. The summed E-state index contributed by atoms with van der Waals surface area (Å²) >= 11 is 0. The first-order valence-corrected chi connectivity index (χ1v) is 6.12. The third kappa shape index (κ3) is 2.31. The summed E-state index contributed by atoms with van der Waals surface area (Å²) in [6, 6.07) is 5.84. The Morgan fingerprint density at radius 3 is 2.78 bits per heavy atom. The van der Waals surface area contributed by atoms with Crippen LogP contribution in [-0.2, 0) is 0 Å². The maximum absolute atomic E-state index is 4.61. The van der Waals surface area contributed by atoms with E-state index in [4.69, 9.17) is 0 Å². The predicted molar refractivity (Wildman–Crippen MR) is 70.3 cm³/mol. The van der Waals surface area contributed by atoms with Crippen LogP contribution in [-0.4, -0.2) is 41.1 Å². The van der Waals surface area contributed by atoms with Gasteiger partial charge >= 0.3 is 0 Å². The normalized spacial score (nSPS) is 15.7. The fraction of sp³-hybridized carbons (Fsp3) is 0.308. The van der Waals surface area contributed by atoms with Crippen LogP contribution >= 0.6 is 0 Å². The van der Waals surface area contributed by atoms with E-state index < -0.39 is 0 Å². The molecule has 18 heavy (non-hydrogen) atoms. The van der Waals surface area contributed by atoms with Crippen molar-refractivity contribution in [3.05, 3.63) is 36.8 Å². The Hall–Kier alpha value is -2.01. The molecule has 0 saturated carbocycles. The third-order valence-electron chi connectivity index (χ3n) is 3.00. The summed E-state index contributed by atoms with van der Waals surface area (Å²) in [4.78, 5) is 15.3. The standard InChI is InChI=1S/C13H15N5/c1-2-11(10-15-4-1)13-16-5-3-12(17-13)18-8-6-14-7-9-18/h1-5,10,14H,6-9H2. The average Bonchev–Trinajstić information content (AvgIpc) is 2.49. The molecule has 0 bridgehead atoms. The van der Waals surface area contributed by atoms with E-state index in [-0.39, 0.29) is 0 Å². The average molecular weight is 241 g/mol. The van der Waals surface area contributed by atoms with Gasteiger partial charge in [0.2, 0.25) is 0 Å². The molecular weight excluding hydrogens is 226 g/mol. The van der Waals surface area contributed by atoms with Gasteiger partial charge in [-0.2, -0.15) is 0 Å². The summed E-state index contributed by atoms with van der Waals surface area (Å²) < 4.78 is 0. The molecule has 1 saturated heterocycles. The monoisotopic (exact) mass is 241 g/mol. The van der Waals surface area contributed by atoms with Crippen molar-refractivity contribution in [2.45, 2.75) is 0 Å². The van der Waals surface area contributed by atoms with Crippen LogP contribution in [0.25, 0.3) is 11.4 Å². The molecule has 2 aromatic rings. The molecule has 1 aliphatic heterocycles. The molecule has 0 aromatic carbocycles. The zero-order valence-corrected chi connectivity index (χ0v) is 10.1. The lowest BCUT2D eigenvalue weighted by Gasteiger charge is -2.28. The van der Waals surface area contributed by atoms with E-state index in [1.807, 2.05) is 24.4 Å². The number of anilines is 1. The van der Waals surface area contributed by atoms with Crippen LogP contribution in [0.4, 0.5) is 5.82 Å². The van der Waals surface area contributed by atoms with E-state index in [9.17, 15) is 0 Å². The lowest BCUT2D eigenvalue weighted by atomic mass is 10.2. The van der Waals surface area contributed by atoms with Gasteiger partial charge in [-0.25, -0.2) is 9.97 Å². The minimum atomic E-state index is 0.735. The van der Waals surface area contributed by atoms with E-state index in [0.29, 0.717) is 0 Å². The lowest BCUT2D eigenvalue weighted by Crippen LogP contribution is -2.43. The molecule has 1 N–H and O–H groups in total. The van der Waals surface area contributed by atoms with E-state index >= 15 is 0 Å². The number of hydrogen-bond acceptors (Lipinski definition) is 5. The second kappa shape index (κ2) is 5.10. The highest BCUT2D eigenvalue weighted by Crippen LogP contribution is 2.17. The summed E-state index contributed by atoms with van der Waals surface area (Å²) in [5, 5.41) is 3.34. The number of pyridine rings is 1. The molecule has 5 nitrogen and oxygen atoms in total. The molecule has 3 rings (SSSR count). The quantitative estimate of drug-likeness (QED) is 0.848. The molecule has 5 heteroatoms. The molecule has 0 atom stereocenters. The molecule has 0 unspecified atom stereocenters. The van der Waals surface area contributed by atoms with Gasteiger partial charge < -0.3 is 10.2 Å². The van der Waals surface area contributed by atoms with Crippen molar-refractivity contribution in [2.75, 3.05) is 31.1 Å². The van der Waals surface area contributed by atoms with Crippen LogP contribution < -0.4 is 10.2 Å². The van der Waals surface area contributed by atoms with Gasteiger partial charge in [-0.1, -0.05) is 0 Å². The largest absolute Gasteiger partial charge is 0.354 e.